The average Bonchev–Trinajstić information content (AvgIpc) is 2.79. The van der Waals surface area contributed by atoms with Gasteiger partial charge in [0, 0.05) is 42.9 Å². The maximum atomic E-state index is 13.6. The van der Waals surface area contributed by atoms with Crippen molar-refractivity contribution >= 4 is 21.8 Å². The molecule has 0 unspecified atom stereocenters. The van der Waals surface area contributed by atoms with Crippen LogP contribution in [0.15, 0.2) is 53.0 Å². The van der Waals surface area contributed by atoms with Crippen LogP contribution in [0.2, 0.25) is 0 Å². The fraction of sp³-hybridized carbons (Fsp3) is 0.458. The number of hydrogen-bond donors (Lipinski definition) is 1. The first-order chi connectivity index (χ1) is 14.5. The van der Waals surface area contributed by atoms with E-state index < -0.39 is 5.41 Å². The Hall–Kier alpha value is -1.76. The van der Waals surface area contributed by atoms with Crippen LogP contribution >= 0.6 is 15.9 Å². The largest absolute Gasteiger partial charge is 0.381 e. The van der Waals surface area contributed by atoms with Gasteiger partial charge in [-0.05, 0) is 61.1 Å². The first kappa shape index (κ1) is 21.5. The molecule has 2 heterocycles. The van der Waals surface area contributed by atoms with Gasteiger partial charge in [-0.2, -0.15) is 0 Å². The van der Waals surface area contributed by atoms with E-state index in [1.165, 1.54) is 12.1 Å². The van der Waals surface area contributed by atoms with Crippen molar-refractivity contribution in [2.75, 3.05) is 33.0 Å². The zero-order valence-electron chi connectivity index (χ0n) is 17.0. The highest BCUT2D eigenvalue weighted by Gasteiger charge is 2.43. The molecule has 0 bridgehead atoms. The number of rotatable bonds is 5. The van der Waals surface area contributed by atoms with Crippen molar-refractivity contribution in [3.8, 4) is 0 Å². The lowest BCUT2D eigenvalue weighted by Crippen LogP contribution is -2.52. The summed E-state index contributed by atoms with van der Waals surface area (Å²) in [4.78, 5) is 13.6. The minimum Gasteiger partial charge on any atom is -0.381 e. The van der Waals surface area contributed by atoms with Crippen LogP contribution in [0, 0.1) is 5.82 Å². The molecule has 2 aliphatic rings. The predicted octanol–water partition coefficient (Wildman–Crippen LogP) is 4.50. The first-order valence-electron chi connectivity index (χ1n) is 10.5. The summed E-state index contributed by atoms with van der Waals surface area (Å²) in [5.41, 5.74) is 1.24. The van der Waals surface area contributed by atoms with Crippen molar-refractivity contribution in [3.05, 3.63) is 69.9 Å². The molecule has 30 heavy (non-hydrogen) atoms. The molecule has 4 rings (SSSR count). The molecule has 0 radical (unpaired) electrons. The molecule has 4 nitrogen and oxygen atoms in total. The summed E-state index contributed by atoms with van der Waals surface area (Å²) in [5, 5.41) is 3.27. The van der Waals surface area contributed by atoms with Gasteiger partial charge in [-0.3, -0.25) is 4.79 Å². The lowest BCUT2D eigenvalue weighted by atomic mass is 9.71. The molecule has 0 aromatic heterocycles. The van der Waals surface area contributed by atoms with Crippen LogP contribution in [0.25, 0.3) is 0 Å². The number of halogens is 2. The topological polar surface area (TPSA) is 47.6 Å². The van der Waals surface area contributed by atoms with Gasteiger partial charge in [0.05, 0.1) is 5.41 Å². The second-order valence-electron chi connectivity index (χ2n) is 8.28. The van der Waals surface area contributed by atoms with Crippen LogP contribution in [0.4, 0.5) is 4.39 Å². The fourth-order valence-electron chi connectivity index (χ4n) is 4.69. The highest BCUT2D eigenvalue weighted by molar-refractivity contribution is 9.10. The Morgan fingerprint density at radius 1 is 0.867 bits per heavy atom. The van der Waals surface area contributed by atoms with E-state index in [2.05, 4.69) is 21.2 Å². The third-order valence-electron chi connectivity index (χ3n) is 6.67. The Morgan fingerprint density at radius 3 is 2.00 bits per heavy atom. The number of ether oxygens (including phenoxy) is 2. The summed E-state index contributed by atoms with van der Waals surface area (Å²) in [5.74, 6) is -0.206. The number of hydrogen-bond acceptors (Lipinski definition) is 3. The van der Waals surface area contributed by atoms with E-state index in [0.717, 1.165) is 28.4 Å². The summed E-state index contributed by atoms with van der Waals surface area (Å²) < 4.78 is 25.6. The van der Waals surface area contributed by atoms with E-state index in [9.17, 15) is 9.18 Å². The molecule has 0 atom stereocenters. The lowest BCUT2D eigenvalue weighted by Gasteiger charge is -2.41. The molecule has 1 amide bonds. The van der Waals surface area contributed by atoms with E-state index in [0.29, 0.717) is 45.8 Å². The van der Waals surface area contributed by atoms with Gasteiger partial charge >= 0.3 is 0 Å². The van der Waals surface area contributed by atoms with Crippen LogP contribution in [0.3, 0.4) is 0 Å². The van der Waals surface area contributed by atoms with Gasteiger partial charge in [0.25, 0.3) is 0 Å². The van der Waals surface area contributed by atoms with E-state index >= 15 is 0 Å². The smallest absolute Gasteiger partial charge is 0.230 e. The van der Waals surface area contributed by atoms with E-state index in [-0.39, 0.29) is 17.1 Å². The lowest BCUT2D eigenvalue weighted by molar-refractivity contribution is -0.131. The monoisotopic (exact) mass is 475 g/mol. The van der Waals surface area contributed by atoms with E-state index in [1.807, 2.05) is 36.4 Å². The van der Waals surface area contributed by atoms with Crippen molar-refractivity contribution in [1.29, 1.82) is 0 Å². The molecule has 0 spiro atoms. The van der Waals surface area contributed by atoms with Crippen molar-refractivity contribution in [3.63, 3.8) is 0 Å². The molecule has 2 saturated heterocycles. The molecule has 2 aliphatic heterocycles. The number of benzene rings is 2. The van der Waals surface area contributed by atoms with E-state index in [4.69, 9.17) is 9.47 Å². The minimum atomic E-state index is -0.589. The summed E-state index contributed by atoms with van der Waals surface area (Å²) in [6.45, 7) is 2.93. The van der Waals surface area contributed by atoms with E-state index in [1.54, 1.807) is 0 Å². The second kappa shape index (κ2) is 9.16. The van der Waals surface area contributed by atoms with Gasteiger partial charge in [0.2, 0.25) is 5.91 Å². The highest BCUT2D eigenvalue weighted by Crippen LogP contribution is 2.38. The number of amides is 1. The Labute approximate surface area is 185 Å². The SMILES string of the molecule is O=C(NCC1(c2ccc(F)cc2)CCOCC1)C1(c2ccc(Br)cc2)CCOCC1. The van der Waals surface area contributed by atoms with Gasteiger partial charge in [0.15, 0.2) is 0 Å². The van der Waals surface area contributed by atoms with Crippen LogP contribution in [0.1, 0.15) is 36.8 Å². The van der Waals surface area contributed by atoms with Gasteiger partial charge in [-0.25, -0.2) is 4.39 Å². The zero-order valence-corrected chi connectivity index (χ0v) is 18.5. The Kier molecular flexibility index (Phi) is 6.56. The van der Waals surface area contributed by atoms with Crippen molar-refractivity contribution < 1.29 is 18.7 Å². The standard InChI is InChI=1S/C24H27BrFNO3/c25-20-5-1-19(2-6-20)24(11-15-30-16-12-24)22(28)27-17-23(9-13-29-14-10-23)18-3-7-21(26)8-4-18/h1-8H,9-17H2,(H,27,28). The molecular weight excluding hydrogens is 449 g/mol. The van der Waals surface area contributed by atoms with Crippen molar-refractivity contribution in [2.24, 2.45) is 0 Å². The summed E-state index contributed by atoms with van der Waals surface area (Å²) in [6, 6.07) is 14.7. The van der Waals surface area contributed by atoms with Gasteiger partial charge in [-0.15, -0.1) is 0 Å². The zero-order chi connectivity index (χ0) is 21.0. The molecule has 1 N–H and O–H groups in total. The second-order valence-corrected chi connectivity index (χ2v) is 9.20. The number of nitrogens with one attached hydrogen (secondary N) is 1. The predicted molar refractivity (Wildman–Crippen MR) is 117 cm³/mol. The molecule has 6 heteroatoms. The highest BCUT2D eigenvalue weighted by atomic mass is 79.9. The third kappa shape index (κ3) is 4.32. The summed E-state index contributed by atoms with van der Waals surface area (Å²) >= 11 is 3.48. The maximum Gasteiger partial charge on any atom is 0.230 e. The molecule has 2 fully saturated rings. The number of carbonyl (C=O) groups is 1. The fourth-order valence-corrected chi connectivity index (χ4v) is 4.95. The normalized spacial score (nSPS) is 20.5. The van der Waals surface area contributed by atoms with Crippen LogP contribution < -0.4 is 5.32 Å². The number of carbonyl (C=O) groups excluding carboxylic acids is 1. The average molecular weight is 476 g/mol. The molecule has 2 aromatic rings. The molecule has 160 valence electrons. The summed E-state index contributed by atoms with van der Waals surface area (Å²) in [6.07, 6.45) is 2.92. The first-order valence-corrected chi connectivity index (χ1v) is 11.3. The third-order valence-corrected chi connectivity index (χ3v) is 7.20. The van der Waals surface area contributed by atoms with Crippen molar-refractivity contribution in [1.82, 2.24) is 5.32 Å². The molecule has 2 aromatic carbocycles. The van der Waals surface area contributed by atoms with Gasteiger partial charge in [0.1, 0.15) is 5.82 Å². The minimum absolute atomic E-state index is 0.0427. The molecule has 0 aliphatic carbocycles. The maximum absolute atomic E-state index is 13.6. The van der Waals surface area contributed by atoms with Crippen molar-refractivity contribution in [2.45, 2.75) is 36.5 Å². The Morgan fingerprint density at radius 2 is 1.40 bits per heavy atom. The van der Waals surface area contributed by atoms with Crippen LogP contribution in [-0.2, 0) is 25.1 Å². The van der Waals surface area contributed by atoms with Crippen LogP contribution in [-0.4, -0.2) is 38.9 Å². The van der Waals surface area contributed by atoms with Crippen LogP contribution in [0.5, 0.6) is 0 Å². The Bertz CT molecular complexity index is 857. The quantitative estimate of drug-likeness (QED) is 0.692. The van der Waals surface area contributed by atoms with Gasteiger partial charge in [-0.1, -0.05) is 40.2 Å². The summed E-state index contributed by atoms with van der Waals surface area (Å²) in [7, 11) is 0. The molecule has 0 saturated carbocycles. The molecular formula is C24H27BrFNO3. The Balaban J connectivity index is 1.58. The van der Waals surface area contributed by atoms with Gasteiger partial charge < -0.3 is 14.8 Å².